The molecule has 1 saturated heterocycles. The van der Waals surface area contributed by atoms with E-state index >= 15 is 0 Å². The molecule has 106 valence electrons. The monoisotopic (exact) mass is 267 g/mol. The van der Waals surface area contributed by atoms with Crippen LogP contribution in [0.25, 0.3) is 0 Å². The van der Waals surface area contributed by atoms with Gasteiger partial charge in [0.1, 0.15) is 5.76 Å². The van der Waals surface area contributed by atoms with E-state index in [0.29, 0.717) is 0 Å². The summed E-state index contributed by atoms with van der Waals surface area (Å²) < 4.78 is 16.1. The van der Waals surface area contributed by atoms with Gasteiger partial charge in [-0.15, -0.1) is 0 Å². The number of ether oxygens (including phenoxy) is 2. The summed E-state index contributed by atoms with van der Waals surface area (Å²) in [6, 6.07) is 3.43. The highest BCUT2D eigenvalue weighted by molar-refractivity contribution is 5.86. The maximum atomic E-state index is 11.4. The Morgan fingerprint density at radius 3 is 2.89 bits per heavy atom. The van der Waals surface area contributed by atoms with E-state index in [1.807, 2.05) is 13.0 Å². The van der Waals surface area contributed by atoms with Crippen molar-refractivity contribution >= 4 is 5.97 Å². The van der Waals surface area contributed by atoms with E-state index in [1.165, 1.54) is 7.11 Å². The lowest BCUT2D eigenvalue weighted by Crippen LogP contribution is -2.31. The summed E-state index contributed by atoms with van der Waals surface area (Å²) in [6.07, 6.45) is 2.41. The number of likely N-dealkylation sites (N-methyl/N-ethyl adjacent to an activating group) is 1. The van der Waals surface area contributed by atoms with Gasteiger partial charge < -0.3 is 19.2 Å². The second-order valence-electron chi connectivity index (χ2n) is 4.79. The van der Waals surface area contributed by atoms with Crippen LogP contribution in [0.4, 0.5) is 0 Å². The van der Waals surface area contributed by atoms with Gasteiger partial charge in [0.2, 0.25) is 5.76 Å². The minimum absolute atomic E-state index is 0.0200. The molecule has 3 unspecified atom stereocenters. The number of rotatable bonds is 5. The molecule has 5 heteroatoms. The van der Waals surface area contributed by atoms with Crippen molar-refractivity contribution in [3.63, 3.8) is 0 Å². The highest BCUT2D eigenvalue weighted by Crippen LogP contribution is 2.31. The molecule has 1 aliphatic heterocycles. The molecule has 0 bridgehead atoms. The van der Waals surface area contributed by atoms with Crippen molar-refractivity contribution in [3.05, 3.63) is 23.7 Å². The van der Waals surface area contributed by atoms with Gasteiger partial charge in [-0.25, -0.2) is 4.79 Å². The Hall–Kier alpha value is -1.33. The first kappa shape index (κ1) is 14.1. The van der Waals surface area contributed by atoms with Gasteiger partial charge >= 0.3 is 5.97 Å². The summed E-state index contributed by atoms with van der Waals surface area (Å²) in [7, 11) is 1.34. The lowest BCUT2D eigenvalue weighted by Gasteiger charge is -2.22. The average molecular weight is 267 g/mol. The SMILES string of the molecule is CCNC(c1ccc(C(=O)OC)o1)C1CCC(C)O1. The molecule has 1 aliphatic rings. The van der Waals surface area contributed by atoms with Crippen molar-refractivity contribution in [1.29, 1.82) is 0 Å². The topological polar surface area (TPSA) is 60.7 Å². The smallest absolute Gasteiger partial charge is 0.373 e. The molecule has 0 saturated carbocycles. The number of methoxy groups -OCH3 is 1. The zero-order valence-electron chi connectivity index (χ0n) is 11.6. The summed E-state index contributed by atoms with van der Waals surface area (Å²) in [6.45, 7) is 4.92. The van der Waals surface area contributed by atoms with E-state index in [-0.39, 0.29) is 24.0 Å². The third-order valence-electron chi connectivity index (χ3n) is 3.38. The van der Waals surface area contributed by atoms with Gasteiger partial charge in [-0.2, -0.15) is 0 Å². The van der Waals surface area contributed by atoms with Crippen LogP contribution in [0.1, 0.15) is 49.0 Å². The maximum Gasteiger partial charge on any atom is 0.373 e. The van der Waals surface area contributed by atoms with E-state index in [4.69, 9.17) is 9.15 Å². The van der Waals surface area contributed by atoms with Crippen LogP contribution in [0, 0.1) is 0 Å². The van der Waals surface area contributed by atoms with Crippen LogP contribution in [0.15, 0.2) is 16.5 Å². The Morgan fingerprint density at radius 2 is 2.32 bits per heavy atom. The Bertz CT molecular complexity index is 429. The van der Waals surface area contributed by atoms with Crippen LogP contribution in [-0.2, 0) is 9.47 Å². The highest BCUT2D eigenvalue weighted by atomic mass is 16.5. The quantitative estimate of drug-likeness (QED) is 0.829. The van der Waals surface area contributed by atoms with Crippen LogP contribution in [0.5, 0.6) is 0 Å². The van der Waals surface area contributed by atoms with Gasteiger partial charge in [-0.1, -0.05) is 6.92 Å². The largest absolute Gasteiger partial charge is 0.463 e. The van der Waals surface area contributed by atoms with Crippen LogP contribution in [0.3, 0.4) is 0 Å². The van der Waals surface area contributed by atoms with Gasteiger partial charge in [0.15, 0.2) is 0 Å². The molecule has 19 heavy (non-hydrogen) atoms. The second kappa shape index (κ2) is 6.21. The molecule has 0 amide bonds. The fourth-order valence-corrected chi connectivity index (χ4v) is 2.44. The fraction of sp³-hybridized carbons (Fsp3) is 0.643. The zero-order chi connectivity index (χ0) is 13.8. The van der Waals surface area contributed by atoms with Gasteiger partial charge in [0, 0.05) is 0 Å². The minimum atomic E-state index is -0.456. The molecule has 3 atom stereocenters. The molecule has 1 fully saturated rings. The summed E-state index contributed by atoms with van der Waals surface area (Å²) in [5, 5.41) is 3.36. The second-order valence-corrected chi connectivity index (χ2v) is 4.79. The predicted octanol–water partition coefficient (Wildman–Crippen LogP) is 2.28. The third kappa shape index (κ3) is 3.16. The van der Waals surface area contributed by atoms with Crippen molar-refractivity contribution in [1.82, 2.24) is 5.32 Å². The van der Waals surface area contributed by atoms with E-state index in [9.17, 15) is 4.79 Å². The molecule has 0 aromatic carbocycles. The Labute approximate surface area is 113 Å². The molecule has 0 aliphatic carbocycles. The number of hydrogen-bond acceptors (Lipinski definition) is 5. The van der Waals surface area contributed by atoms with E-state index in [2.05, 4.69) is 17.0 Å². The predicted molar refractivity (Wildman–Crippen MR) is 70.0 cm³/mol. The lowest BCUT2D eigenvalue weighted by molar-refractivity contribution is 0.0262. The molecule has 2 rings (SSSR count). The zero-order valence-corrected chi connectivity index (χ0v) is 11.6. The molecule has 5 nitrogen and oxygen atoms in total. The van der Waals surface area contributed by atoms with Crippen molar-refractivity contribution in [3.8, 4) is 0 Å². The first-order chi connectivity index (χ1) is 9.15. The van der Waals surface area contributed by atoms with Crippen LogP contribution in [0.2, 0.25) is 0 Å². The van der Waals surface area contributed by atoms with Crippen molar-refractivity contribution in [2.24, 2.45) is 0 Å². The Morgan fingerprint density at radius 1 is 1.53 bits per heavy atom. The third-order valence-corrected chi connectivity index (χ3v) is 3.38. The first-order valence-electron chi connectivity index (χ1n) is 6.72. The van der Waals surface area contributed by atoms with Crippen LogP contribution in [-0.4, -0.2) is 31.8 Å². The number of carbonyl (C=O) groups excluding carboxylic acids is 1. The molecule has 0 radical (unpaired) electrons. The standard InChI is InChI=1S/C14H21NO4/c1-4-15-13(10-6-5-9(2)18-10)11-7-8-12(19-11)14(16)17-3/h7-10,13,15H,4-6H2,1-3H3. The summed E-state index contributed by atoms with van der Waals surface area (Å²) >= 11 is 0. The van der Waals surface area contributed by atoms with Gasteiger partial charge in [0.25, 0.3) is 0 Å². The molecule has 1 aromatic rings. The molecular formula is C14H21NO4. The van der Waals surface area contributed by atoms with Crippen LogP contribution >= 0.6 is 0 Å². The average Bonchev–Trinajstić information content (AvgIpc) is 3.04. The van der Waals surface area contributed by atoms with Gasteiger partial charge in [0.05, 0.1) is 25.4 Å². The van der Waals surface area contributed by atoms with Gasteiger partial charge in [-0.05, 0) is 38.4 Å². The summed E-state index contributed by atoms with van der Waals surface area (Å²) in [5.41, 5.74) is 0. The summed E-state index contributed by atoms with van der Waals surface area (Å²) in [4.78, 5) is 11.4. The molecule has 1 aromatic heterocycles. The fourth-order valence-electron chi connectivity index (χ4n) is 2.44. The molecular weight excluding hydrogens is 246 g/mol. The number of carbonyl (C=O) groups is 1. The lowest BCUT2D eigenvalue weighted by atomic mass is 10.1. The van der Waals surface area contributed by atoms with E-state index in [0.717, 1.165) is 25.1 Å². The number of furan rings is 1. The van der Waals surface area contributed by atoms with Crippen molar-refractivity contribution in [2.75, 3.05) is 13.7 Å². The molecule has 2 heterocycles. The number of nitrogens with one attached hydrogen (secondary N) is 1. The first-order valence-corrected chi connectivity index (χ1v) is 6.72. The number of hydrogen-bond donors (Lipinski definition) is 1. The van der Waals surface area contributed by atoms with E-state index in [1.54, 1.807) is 6.07 Å². The molecule has 0 spiro atoms. The minimum Gasteiger partial charge on any atom is -0.463 e. The van der Waals surface area contributed by atoms with Gasteiger partial charge in [-0.3, -0.25) is 0 Å². The van der Waals surface area contributed by atoms with E-state index < -0.39 is 5.97 Å². The Kier molecular flexibility index (Phi) is 4.61. The summed E-state index contributed by atoms with van der Waals surface area (Å²) in [5.74, 6) is 0.495. The van der Waals surface area contributed by atoms with Crippen LogP contribution < -0.4 is 5.32 Å². The molecule has 1 N–H and O–H groups in total. The highest BCUT2D eigenvalue weighted by Gasteiger charge is 2.32. The number of esters is 1. The Balaban J connectivity index is 2.14. The van der Waals surface area contributed by atoms with Crippen molar-refractivity contribution in [2.45, 2.75) is 44.9 Å². The normalized spacial score (nSPS) is 24.4. The maximum absolute atomic E-state index is 11.4. The van der Waals surface area contributed by atoms with Crippen molar-refractivity contribution < 1.29 is 18.7 Å².